The molecule has 4 nitrogen and oxygen atoms in total. The summed E-state index contributed by atoms with van der Waals surface area (Å²) in [4.78, 5) is 26.4. The minimum absolute atomic E-state index is 0.274. The van der Waals surface area contributed by atoms with Crippen LogP contribution in [0.15, 0.2) is 91.0 Å². The van der Waals surface area contributed by atoms with Crippen LogP contribution in [-0.4, -0.2) is 23.4 Å². The van der Waals surface area contributed by atoms with E-state index in [2.05, 4.69) is 0 Å². The number of halogens is 1. The van der Waals surface area contributed by atoms with E-state index in [0.717, 1.165) is 17.2 Å². The molecule has 0 saturated heterocycles. The zero-order valence-corrected chi connectivity index (χ0v) is 16.4. The van der Waals surface area contributed by atoms with Gasteiger partial charge in [-0.3, -0.25) is 4.79 Å². The molecule has 0 atom stereocenters. The average molecular weight is 403 g/mol. The molecule has 0 bridgehead atoms. The predicted octanol–water partition coefficient (Wildman–Crippen LogP) is 4.61. The summed E-state index contributed by atoms with van der Waals surface area (Å²) in [5.41, 5.74) is 2.23. The molecule has 0 unspecified atom stereocenters. The second-order valence-corrected chi connectivity index (χ2v) is 6.68. The molecule has 3 aromatic rings. The molecule has 0 fully saturated rings. The number of esters is 1. The van der Waals surface area contributed by atoms with Crippen LogP contribution in [0, 0.1) is 5.82 Å². The van der Waals surface area contributed by atoms with Gasteiger partial charge in [0.25, 0.3) is 5.91 Å². The fourth-order valence-electron chi connectivity index (χ4n) is 2.88. The van der Waals surface area contributed by atoms with Crippen molar-refractivity contribution in [3.63, 3.8) is 0 Å². The van der Waals surface area contributed by atoms with Gasteiger partial charge in [-0.25, -0.2) is 9.18 Å². The monoisotopic (exact) mass is 403 g/mol. The smallest absolute Gasteiger partial charge is 0.331 e. The number of amides is 1. The maximum Gasteiger partial charge on any atom is 0.331 e. The third-order valence-corrected chi connectivity index (χ3v) is 4.43. The second kappa shape index (κ2) is 10.7. The van der Waals surface area contributed by atoms with E-state index in [9.17, 15) is 14.0 Å². The van der Waals surface area contributed by atoms with Gasteiger partial charge in [0.15, 0.2) is 6.61 Å². The van der Waals surface area contributed by atoms with Crippen LogP contribution in [0.5, 0.6) is 0 Å². The molecule has 152 valence electrons. The van der Waals surface area contributed by atoms with Gasteiger partial charge in [-0.1, -0.05) is 78.9 Å². The van der Waals surface area contributed by atoms with Crippen LogP contribution in [0.1, 0.15) is 16.7 Å². The van der Waals surface area contributed by atoms with E-state index in [1.54, 1.807) is 23.1 Å². The number of benzene rings is 3. The van der Waals surface area contributed by atoms with Crippen LogP contribution < -0.4 is 0 Å². The third kappa shape index (κ3) is 6.41. The molecule has 1 amide bonds. The summed E-state index contributed by atoms with van der Waals surface area (Å²) in [5, 5.41) is 0. The molecule has 0 radical (unpaired) electrons. The molecule has 0 spiro atoms. The van der Waals surface area contributed by atoms with E-state index in [1.165, 1.54) is 12.1 Å². The van der Waals surface area contributed by atoms with Gasteiger partial charge in [0.2, 0.25) is 0 Å². The number of carbonyl (C=O) groups is 2. The maximum atomic E-state index is 13.6. The van der Waals surface area contributed by atoms with E-state index in [1.807, 2.05) is 60.7 Å². The molecule has 0 aliphatic rings. The molecule has 5 heteroatoms. The molecule has 0 aliphatic carbocycles. The Kier molecular flexibility index (Phi) is 7.50. The Morgan fingerprint density at radius 3 is 1.90 bits per heavy atom. The number of ether oxygens (including phenoxy) is 1. The van der Waals surface area contributed by atoms with Crippen molar-refractivity contribution in [1.29, 1.82) is 0 Å². The van der Waals surface area contributed by atoms with E-state index >= 15 is 0 Å². The zero-order chi connectivity index (χ0) is 21.2. The van der Waals surface area contributed by atoms with Crippen molar-refractivity contribution in [3.8, 4) is 0 Å². The molecule has 3 rings (SSSR count). The molecule has 0 heterocycles. The first-order valence-corrected chi connectivity index (χ1v) is 9.57. The summed E-state index contributed by atoms with van der Waals surface area (Å²) in [7, 11) is 0. The van der Waals surface area contributed by atoms with Gasteiger partial charge < -0.3 is 9.64 Å². The minimum atomic E-state index is -0.703. The van der Waals surface area contributed by atoms with Crippen LogP contribution in [-0.2, 0) is 27.4 Å². The van der Waals surface area contributed by atoms with Crippen molar-refractivity contribution in [2.24, 2.45) is 0 Å². The first-order chi connectivity index (χ1) is 14.6. The summed E-state index contributed by atoms with van der Waals surface area (Å²) in [6.45, 7) is 0.411. The van der Waals surface area contributed by atoms with Crippen LogP contribution in [0.2, 0.25) is 0 Å². The number of hydrogen-bond donors (Lipinski definition) is 0. The van der Waals surface area contributed by atoms with Gasteiger partial charge in [-0.2, -0.15) is 0 Å². The van der Waals surface area contributed by atoms with E-state index in [4.69, 9.17) is 4.74 Å². The highest BCUT2D eigenvalue weighted by atomic mass is 19.1. The second-order valence-electron chi connectivity index (χ2n) is 6.68. The van der Waals surface area contributed by atoms with Crippen LogP contribution >= 0.6 is 0 Å². The fourth-order valence-corrected chi connectivity index (χ4v) is 2.88. The quantitative estimate of drug-likeness (QED) is 0.408. The predicted molar refractivity (Wildman–Crippen MR) is 114 cm³/mol. The van der Waals surface area contributed by atoms with Crippen molar-refractivity contribution >= 4 is 18.0 Å². The third-order valence-electron chi connectivity index (χ3n) is 4.43. The van der Waals surface area contributed by atoms with Crippen molar-refractivity contribution in [1.82, 2.24) is 4.90 Å². The van der Waals surface area contributed by atoms with Gasteiger partial charge in [-0.05, 0) is 23.3 Å². The van der Waals surface area contributed by atoms with Gasteiger partial charge in [-0.15, -0.1) is 0 Å². The number of rotatable bonds is 8. The maximum absolute atomic E-state index is 13.6. The Morgan fingerprint density at radius 1 is 0.800 bits per heavy atom. The Labute approximate surface area is 175 Å². The number of carbonyl (C=O) groups excluding carboxylic acids is 2. The molecule has 0 aliphatic heterocycles. The molecular weight excluding hydrogens is 381 g/mol. The standard InChI is InChI=1S/C25H22FNO3/c26-23-14-8-7-13-22(23)15-16-25(29)30-19-24(28)27(17-20-9-3-1-4-10-20)18-21-11-5-2-6-12-21/h1-16H,17-19H2/b16-15+. The first-order valence-electron chi connectivity index (χ1n) is 9.57. The first kappa shape index (κ1) is 21.0. The van der Waals surface area contributed by atoms with Crippen LogP contribution in [0.4, 0.5) is 4.39 Å². The minimum Gasteiger partial charge on any atom is -0.452 e. The highest BCUT2D eigenvalue weighted by Crippen LogP contribution is 2.11. The lowest BCUT2D eigenvalue weighted by Gasteiger charge is -2.23. The summed E-state index contributed by atoms with van der Waals surface area (Å²) >= 11 is 0. The van der Waals surface area contributed by atoms with E-state index in [0.29, 0.717) is 13.1 Å². The molecule has 0 saturated carbocycles. The summed E-state index contributed by atoms with van der Waals surface area (Å²) in [6.07, 6.45) is 2.44. The number of nitrogens with zero attached hydrogens (tertiary/aromatic N) is 1. The Balaban J connectivity index is 1.62. The molecule has 0 N–H and O–H groups in total. The van der Waals surface area contributed by atoms with E-state index in [-0.39, 0.29) is 18.1 Å². The van der Waals surface area contributed by atoms with Crippen molar-refractivity contribution in [3.05, 3.63) is 114 Å². The molecule has 0 aromatic heterocycles. The van der Waals surface area contributed by atoms with Crippen molar-refractivity contribution in [2.45, 2.75) is 13.1 Å². The van der Waals surface area contributed by atoms with Crippen molar-refractivity contribution in [2.75, 3.05) is 6.61 Å². The Hall–Kier alpha value is -3.73. The normalized spacial score (nSPS) is 10.7. The molecule has 3 aromatic carbocycles. The molecule has 30 heavy (non-hydrogen) atoms. The Bertz CT molecular complexity index is 962. The fraction of sp³-hybridized carbons (Fsp3) is 0.120. The van der Waals surface area contributed by atoms with Crippen LogP contribution in [0.3, 0.4) is 0 Å². The largest absolute Gasteiger partial charge is 0.452 e. The lowest BCUT2D eigenvalue weighted by molar-refractivity contribution is -0.148. The molecular formula is C25H22FNO3. The average Bonchev–Trinajstić information content (AvgIpc) is 2.78. The highest BCUT2D eigenvalue weighted by Gasteiger charge is 2.16. The van der Waals surface area contributed by atoms with Gasteiger partial charge in [0.05, 0.1) is 0 Å². The van der Waals surface area contributed by atoms with Gasteiger partial charge in [0, 0.05) is 24.7 Å². The topological polar surface area (TPSA) is 46.6 Å². The van der Waals surface area contributed by atoms with Gasteiger partial charge >= 0.3 is 5.97 Å². The lowest BCUT2D eigenvalue weighted by atomic mass is 10.1. The van der Waals surface area contributed by atoms with E-state index < -0.39 is 11.8 Å². The number of hydrogen-bond acceptors (Lipinski definition) is 3. The lowest BCUT2D eigenvalue weighted by Crippen LogP contribution is -2.33. The summed E-state index contributed by atoms with van der Waals surface area (Å²) < 4.78 is 18.7. The summed E-state index contributed by atoms with van der Waals surface area (Å²) in [5.74, 6) is -1.45. The SMILES string of the molecule is O=C(/C=C/c1ccccc1F)OCC(=O)N(Cc1ccccc1)Cc1ccccc1. The van der Waals surface area contributed by atoms with Crippen molar-refractivity contribution < 1.29 is 18.7 Å². The highest BCUT2D eigenvalue weighted by molar-refractivity contribution is 5.89. The zero-order valence-electron chi connectivity index (χ0n) is 16.4. The van der Waals surface area contributed by atoms with Crippen LogP contribution in [0.25, 0.3) is 6.08 Å². The van der Waals surface area contributed by atoms with Gasteiger partial charge in [0.1, 0.15) is 5.82 Å². The summed E-state index contributed by atoms with van der Waals surface area (Å²) in [6, 6.07) is 25.3. The Morgan fingerprint density at radius 2 is 1.33 bits per heavy atom.